The second-order valence-corrected chi connectivity index (χ2v) is 4.89. The fourth-order valence-corrected chi connectivity index (χ4v) is 3.55. The molecule has 0 spiro atoms. The molecule has 2 bridgehead atoms. The van der Waals surface area contributed by atoms with Gasteiger partial charge in [-0.05, 0) is 6.42 Å². The van der Waals surface area contributed by atoms with Crippen molar-refractivity contribution in [3.05, 3.63) is 18.6 Å². The molecule has 2 unspecified atom stereocenters. The monoisotopic (exact) mass is 193 g/mol. The molecule has 4 heteroatoms. The van der Waals surface area contributed by atoms with E-state index in [9.17, 15) is 0 Å². The first-order chi connectivity index (χ1) is 6.43. The zero-order valence-corrected chi connectivity index (χ0v) is 8.07. The Morgan fingerprint density at radius 2 is 2.46 bits per heavy atom. The van der Waals surface area contributed by atoms with Crippen LogP contribution in [0.2, 0.25) is 0 Å². The summed E-state index contributed by atoms with van der Waals surface area (Å²) in [4.78, 5) is 10.8. The minimum absolute atomic E-state index is 0.715. The standard InChI is InChI=1S/C9H11N3S/c1-2-11-9(4-10-1)12-5-8-3-7(12)6-13-8/h1-2,4,7-8H,3,5-6H2. The zero-order chi connectivity index (χ0) is 8.67. The van der Waals surface area contributed by atoms with Crippen molar-refractivity contribution in [3.63, 3.8) is 0 Å². The van der Waals surface area contributed by atoms with Gasteiger partial charge in [0.15, 0.2) is 0 Å². The van der Waals surface area contributed by atoms with Crippen LogP contribution in [-0.2, 0) is 0 Å². The van der Waals surface area contributed by atoms with Crippen LogP contribution in [0.1, 0.15) is 6.42 Å². The number of anilines is 1. The van der Waals surface area contributed by atoms with Crippen LogP contribution in [0.5, 0.6) is 0 Å². The molecule has 1 aromatic heterocycles. The van der Waals surface area contributed by atoms with Gasteiger partial charge in [-0.25, -0.2) is 4.98 Å². The molecule has 3 rings (SSSR count). The maximum Gasteiger partial charge on any atom is 0.147 e. The lowest BCUT2D eigenvalue weighted by Gasteiger charge is -2.26. The third-order valence-electron chi connectivity index (χ3n) is 2.74. The van der Waals surface area contributed by atoms with Gasteiger partial charge in [0.25, 0.3) is 0 Å². The predicted octanol–water partition coefficient (Wildman–Crippen LogP) is 1.17. The molecule has 0 N–H and O–H groups in total. The first kappa shape index (κ1) is 7.62. The van der Waals surface area contributed by atoms with Gasteiger partial charge in [0.2, 0.25) is 0 Å². The summed E-state index contributed by atoms with van der Waals surface area (Å²) in [7, 11) is 0. The number of aromatic nitrogens is 2. The van der Waals surface area contributed by atoms with Gasteiger partial charge in [-0.1, -0.05) is 0 Å². The van der Waals surface area contributed by atoms with Crippen molar-refractivity contribution < 1.29 is 0 Å². The minimum atomic E-state index is 0.715. The first-order valence-corrected chi connectivity index (χ1v) is 5.62. The lowest BCUT2D eigenvalue weighted by atomic mass is 10.2. The Balaban J connectivity index is 1.87. The van der Waals surface area contributed by atoms with Gasteiger partial charge in [-0.3, -0.25) is 4.98 Å². The van der Waals surface area contributed by atoms with E-state index in [1.54, 1.807) is 12.4 Å². The van der Waals surface area contributed by atoms with Crippen LogP contribution in [0.15, 0.2) is 18.6 Å². The molecule has 2 atom stereocenters. The summed E-state index contributed by atoms with van der Waals surface area (Å²) in [5, 5.41) is 0.840. The Bertz CT molecular complexity index is 303. The SMILES string of the molecule is c1cnc(N2CC3CC2CS3)cn1. The van der Waals surface area contributed by atoms with Gasteiger partial charge in [0.05, 0.1) is 6.20 Å². The Kier molecular flexibility index (Phi) is 1.68. The van der Waals surface area contributed by atoms with E-state index in [2.05, 4.69) is 26.6 Å². The fourth-order valence-electron chi connectivity index (χ4n) is 2.12. The third-order valence-corrected chi connectivity index (χ3v) is 4.13. The number of hydrogen-bond donors (Lipinski definition) is 0. The van der Waals surface area contributed by atoms with E-state index in [0.717, 1.165) is 17.6 Å². The topological polar surface area (TPSA) is 29.0 Å². The fraction of sp³-hybridized carbons (Fsp3) is 0.556. The molecule has 68 valence electrons. The van der Waals surface area contributed by atoms with Gasteiger partial charge < -0.3 is 4.90 Å². The Morgan fingerprint density at radius 3 is 3.08 bits per heavy atom. The molecule has 2 fully saturated rings. The number of thioether (sulfide) groups is 1. The van der Waals surface area contributed by atoms with Gasteiger partial charge in [0, 0.05) is 36.0 Å². The third kappa shape index (κ3) is 1.20. The number of nitrogens with zero attached hydrogens (tertiary/aromatic N) is 3. The quantitative estimate of drug-likeness (QED) is 0.669. The van der Waals surface area contributed by atoms with Crippen molar-refractivity contribution >= 4 is 17.6 Å². The summed E-state index contributed by atoms with van der Waals surface area (Å²) in [6.07, 6.45) is 6.70. The van der Waals surface area contributed by atoms with Gasteiger partial charge in [0.1, 0.15) is 5.82 Å². The predicted molar refractivity (Wildman–Crippen MR) is 54.0 cm³/mol. The summed E-state index contributed by atoms with van der Waals surface area (Å²) in [5.74, 6) is 2.32. The van der Waals surface area contributed by atoms with E-state index in [4.69, 9.17) is 0 Å². The zero-order valence-electron chi connectivity index (χ0n) is 7.26. The lowest BCUT2D eigenvalue weighted by Crippen LogP contribution is -2.34. The molecule has 1 aromatic rings. The smallest absolute Gasteiger partial charge is 0.147 e. The summed E-state index contributed by atoms with van der Waals surface area (Å²) >= 11 is 2.10. The van der Waals surface area contributed by atoms with E-state index < -0.39 is 0 Å². The van der Waals surface area contributed by atoms with E-state index in [-0.39, 0.29) is 0 Å². The molecule has 3 nitrogen and oxygen atoms in total. The van der Waals surface area contributed by atoms with Crippen molar-refractivity contribution in [3.8, 4) is 0 Å². The minimum Gasteiger partial charge on any atom is -0.350 e. The van der Waals surface area contributed by atoms with Gasteiger partial charge in [-0.15, -0.1) is 0 Å². The Hall–Kier alpha value is -0.770. The summed E-state index contributed by atoms with van der Waals surface area (Å²) in [6, 6.07) is 0.715. The first-order valence-electron chi connectivity index (χ1n) is 4.58. The molecule has 0 saturated carbocycles. The van der Waals surface area contributed by atoms with Crippen LogP contribution >= 0.6 is 11.8 Å². The Morgan fingerprint density at radius 1 is 1.46 bits per heavy atom. The van der Waals surface area contributed by atoms with E-state index in [0.29, 0.717) is 6.04 Å². The molecule has 0 radical (unpaired) electrons. The molecule has 3 heterocycles. The Labute approximate surface area is 81.6 Å². The number of fused-ring (bicyclic) bond motifs is 2. The summed E-state index contributed by atoms with van der Waals surface area (Å²) in [6.45, 7) is 1.16. The molecule has 2 aliphatic rings. The van der Waals surface area contributed by atoms with Crippen LogP contribution in [0.25, 0.3) is 0 Å². The summed E-state index contributed by atoms with van der Waals surface area (Å²) < 4.78 is 0. The summed E-state index contributed by atoms with van der Waals surface area (Å²) in [5.41, 5.74) is 0. The van der Waals surface area contributed by atoms with Crippen LogP contribution in [0.4, 0.5) is 5.82 Å². The normalized spacial score (nSPS) is 31.2. The highest BCUT2D eigenvalue weighted by Crippen LogP contribution is 2.38. The van der Waals surface area contributed by atoms with E-state index in [1.165, 1.54) is 12.2 Å². The molecular formula is C9H11N3S. The highest BCUT2D eigenvalue weighted by molar-refractivity contribution is 8.00. The highest BCUT2D eigenvalue weighted by atomic mass is 32.2. The average Bonchev–Trinajstić information content (AvgIpc) is 2.80. The maximum atomic E-state index is 4.33. The van der Waals surface area contributed by atoms with E-state index >= 15 is 0 Å². The molecule has 2 aliphatic heterocycles. The van der Waals surface area contributed by atoms with E-state index in [1.807, 2.05) is 6.20 Å². The van der Waals surface area contributed by atoms with Crippen LogP contribution in [0, 0.1) is 0 Å². The number of hydrogen-bond acceptors (Lipinski definition) is 4. The molecular weight excluding hydrogens is 182 g/mol. The molecule has 0 amide bonds. The van der Waals surface area contributed by atoms with Gasteiger partial charge >= 0.3 is 0 Å². The lowest BCUT2D eigenvalue weighted by molar-refractivity contribution is 0.750. The molecule has 0 aliphatic carbocycles. The van der Waals surface area contributed by atoms with Crippen molar-refractivity contribution in [2.45, 2.75) is 17.7 Å². The van der Waals surface area contributed by atoms with Crippen molar-refractivity contribution in [2.24, 2.45) is 0 Å². The van der Waals surface area contributed by atoms with Crippen LogP contribution in [-0.4, -0.2) is 33.6 Å². The van der Waals surface area contributed by atoms with Gasteiger partial charge in [-0.2, -0.15) is 11.8 Å². The molecule has 0 aromatic carbocycles. The maximum absolute atomic E-state index is 4.33. The molecule has 13 heavy (non-hydrogen) atoms. The van der Waals surface area contributed by atoms with Crippen molar-refractivity contribution in [1.82, 2.24) is 9.97 Å². The van der Waals surface area contributed by atoms with Crippen LogP contribution < -0.4 is 4.90 Å². The van der Waals surface area contributed by atoms with Crippen molar-refractivity contribution in [1.29, 1.82) is 0 Å². The molecule has 2 saturated heterocycles. The van der Waals surface area contributed by atoms with Crippen molar-refractivity contribution in [2.75, 3.05) is 17.2 Å². The second kappa shape index (κ2) is 2.87. The number of rotatable bonds is 1. The highest BCUT2D eigenvalue weighted by Gasteiger charge is 2.38. The average molecular weight is 193 g/mol. The largest absolute Gasteiger partial charge is 0.350 e. The second-order valence-electron chi connectivity index (χ2n) is 3.56. The van der Waals surface area contributed by atoms with Crippen LogP contribution in [0.3, 0.4) is 0 Å².